The Morgan fingerprint density at radius 3 is 2.70 bits per heavy atom. The number of rotatable bonds is 2. The highest BCUT2D eigenvalue weighted by Gasteiger charge is 2.42. The van der Waals surface area contributed by atoms with E-state index in [1.165, 1.54) is 0 Å². The van der Waals surface area contributed by atoms with Gasteiger partial charge in [0.05, 0.1) is 18.8 Å². The molecule has 0 aromatic carbocycles. The van der Waals surface area contributed by atoms with Gasteiger partial charge in [-0.1, -0.05) is 26.8 Å². The van der Waals surface area contributed by atoms with Crippen LogP contribution in [0.1, 0.15) is 32.0 Å². The van der Waals surface area contributed by atoms with Crippen molar-refractivity contribution in [1.29, 1.82) is 0 Å². The average Bonchev–Trinajstić information content (AvgIpc) is 2.35. The van der Waals surface area contributed by atoms with E-state index in [0.717, 1.165) is 11.3 Å². The zero-order valence-corrected chi connectivity index (χ0v) is 12.4. The summed E-state index contributed by atoms with van der Waals surface area (Å²) in [5.74, 6) is -0.153. The van der Waals surface area contributed by atoms with Crippen LogP contribution in [-0.2, 0) is 16.1 Å². The van der Waals surface area contributed by atoms with E-state index in [2.05, 4.69) is 10.3 Å². The molecule has 0 radical (unpaired) electrons. The van der Waals surface area contributed by atoms with Crippen molar-refractivity contribution in [3.8, 4) is 0 Å². The summed E-state index contributed by atoms with van der Waals surface area (Å²) < 4.78 is 0. The van der Waals surface area contributed by atoms with E-state index in [9.17, 15) is 9.59 Å². The summed E-state index contributed by atoms with van der Waals surface area (Å²) in [6, 6.07) is 3.36. The lowest BCUT2D eigenvalue weighted by atomic mass is 9.83. The van der Waals surface area contributed by atoms with Gasteiger partial charge in [-0.3, -0.25) is 14.6 Å². The lowest BCUT2D eigenvalue weighted by Crippen LogP contribution is -2.62. The highest BCUT2D eigenvalue weighted by atomic mass is 16.2. The van der Waals surface area contributed by atoms with Gasteiger partial charge in [0.25, 0.3) is 0 Å². The fourth-order valence-electron chi connectivity index (χ4n) is 2.53. The van der Waals surface area contributed by atoms with Crippen LogP contribution in [0.25, 0.3) is 0 Å². The molecule has 0 aliphatic carbocycles. The normalized spacial score (nSPS) is 20.0. The van der Waals surface area contributed by atoms with E-state index in [4.69, 9.17) is 0 Å². The van der Waals surface area contributed by atoms with Crippen LogP contribution < -0.4 is 5.32 Å². The van der Waals surface area contributed by atoms with Crippen molar-refractivity contribution in [1.82, 2.24) is 15.2 Å². The molecular weight excluding hydrogens is 254 g/mol. The van der Waals surface area contributed by atoms with Crippen LogP contribution in [0.4, 0.5) is 0 Å². The summed E-state index contributed by atoms with van der Waals surface area (Å²) in [6.07, 6.45) is 1.71. The number of amides is 2. The van der Waals surface area contributed by atoms with Crippen molar-refractivity contribution < 1.29 is 9.59 Å². The van der Waals surface area contributed by atoms with Crippen LogP contribution in [0.5, 0.6) is 0 Å². The van der Waals surface area contributed by atoms with Gasteiger partial charge in [-0.15, -0.1) is 0 Å². The molecule has 108 valence electrons. The second-order valence-electron chi connectivity index (χ2n) is 6.28. The summed E-state index contributed by atoms with van der Waals surface area (Å²) >= 11 is 0. The molecular formula is C15H21N3O2. The zero-order chi connectivity index (χ0) is 14.9. The zero-order valence-electron chi connectivity index (χ0n) is 12.4. The van der Waals surface area contributed by atoms with Gasteiger partial charge in [-0.25, -0.2) is 0 Å². The Bertz CT molecular complexity index is 534. The molecule has 2 amide bonds. The standard InChI is InChI=1S/C15H21N3O2/c1-10-6-5-7-16-11(10)9-18-12(19)8-17-14(20)13(18)15(2,3)4/h5-7,13H,8-9H2,1-4H3,(H,17,20). The number of nitrogens with zero attached hydrogens (tertiary/aromatic N) is 2. The molecule has 1 atom stereocenters. The largest absolute Gasteiger partial charge is 0.345 e. The first kappa shape index (κ1) is 14.5. The first-order valence-corrected chi connectivity index (χ1v) is 6.78. The van der Waals surface area contributed by atoms with E-state index >= 15 is 0 Å². The molecule has 0 spiro atoms. The Morgan fingerprint density at radius 2 is 2.10 bits per heavy atom. The van der Waals surface area contributed by atoms with Gasteiger partial charge in [-0.2, -0.15) is 0 Å². The van der Waals surface area contributed by atoms with E-state index in [1.807, 2.05) is 39.8 Å². The van der Waals surface area contributed by atoms with Crippen LogP contribution in [0, 0.1) is 12.3 Å². The van der Waals surface area contributed by atoms with Crippen molar-refractivity contribution in [3.05, 3.63) is 29.6 Å². The minimum absolute atomic E-state index is 0.0606. The lowest BCUT2D eigenvalue weighted by Gasteiger charge is -2.42. The first-order chi connectivity index (χ1) is 9.30. The van der Waals surface area contributed by atoms with Crippen molar-refractivity contribution in [2.45, 2.75) is 40.3 Å². The van der Waals surface area contributed by atoms with Crippen LogP contribution >= 0.6 is 0 Å². The number of aryl methyl sites for hydroxylation is 1. The number of carbonyl (C=O) groups is 2. The van der Waals surface area contributed by atoms with Crippen molar-refractivity contribution in [2.24, 2.45) is 5.41 Å². The summed E-state index contributed by atoms with van der Waals surface area (Å²) in [6.45, 7) is 8.30. The maximum absolute atomic E-state index is 12.2. The average molecular weight is 275 g/mol. The third-order valence-corrected chi connectivity index (χ3v) is 3.55. The Balaban J connectivity index is 2.32. The Labute approximate surface area is 119 Å². The molecule has 1 aliphatic rings. The molecule has 5 nitrogen and oxygen atoms in total. The van der Waals surface area contributed by atoms with Crippen LogP contribution in [0.3, 0.4) is 0 Å². The van der Waals surface area contributed by atoms with Gasteiger partial charge in [0.15, 0.2) is 0 Å². The predicted molar refractivity (Wildman–Crippen MR) is 75.8 cm³/mol. The molecule has 1 fully saturated rings. The third-order valence-electron chi connectivity index (χ3n) is 3.55. The van der Waals surface area contributed by atoms with E-state index in [1.54, 1.807) is 11.1 Å². The highest BCUT2D eigenvalue weighted by molar-refractivity contribution is 5.95. The molecule has 2 rings (SSSR count). The number of hydrogen-bond acceptors (Lipinski definition) is 3. The molecule has 0 saturated carbocycles. The fraction of sp³-hybridized carbons (Fsp3) is 0.533. The maximum atomic E-state index is 12.2. The third kappa shape index (κ3) is 2.81. The second kappa shape index (κ2) is 5.23. The molecule has 1 unspecified atom stereocenters. The number of pyridine rings is 1. The Kier molecular flexibility index (Phi) is 3.79. The number of carbonyl (C=O) groups excluding carboxylic acids is 2. The lowest BCUT2D eigenvalue weighted by molar-refractivity contribution is -0.150. The van der Waals surface area contributed by atoms with Gasteiger partial charge in [0.1, 0.15) is 6.04 Å². The Hall–Kier alpha value is -1.91. The van der Waals surface area contributed by atoms with E-state index in [-0.39, 0.29) is 23.8 Å². The van der Waals surface area contributed by atoms with Gasteiger partial charge >= 0.3 is 0 Å². The molecule has 1 aliphatic heterocycles. The molecule has 20 heavy (non-hydrogen) atoms. The molecule has 1 aromatic heterocycles. The molecule has 1 N–H and O–H groups in total. The summed E-state index contributed by atoms with van der Waals surface area (Å²) in [5.41, 5.74) is 1.55. The predicted octanol–water partition coefficient (Wildman–Crippen LogP) is 1.26. The summed E-state index contributed by atoms with van der Waals surface area (Å²) in [5, 5.41) is 2.67. The van der Waals surface area contributed by atoms with E-state index < -0.39 is 6.04 Å². The summed E-state index contributed by atoms with van der Waals surface area (Å²) in [7, 11) is 0. The Morgan fingerprint density at radius 1 is 1.40 bits per heavy atom. The fourth-order valence-corrected chi connectivity index (χ4v) is 2.53. The van der Waals surface area contributed by atoms with E-state index in [0.29, 0.717) is 6.54 Å². The second-order valence-corrected chi connectivity index (χ2v) is 6.28. The highest BCUT2D eigenvalue weighted by Crippen LogP contribution is 2.28. The van der Waals surface area contributed by atoms with Crippen LogP contribution in [0.15, 0.2) is 18.3 Å². The SMILES string of the molecule is Cc1cccnc1CN1C(=O)CNC(=O)C1C(C)(C)C. The number of hydrogen-bond donors (Lipinski definition) is 1. The van der Waals surface area contributed by atoms with Crippen molar-refractivity contribution in [3.63, 3.8) is 0 Å². The van der Waals surface area contributed by atoms with Gasteiger partial charge in [0, 0.05) is 6.20 Å². The molecule has 2 heterocycles. The first-order valence-electron chi connectivity index (χ1n) is 6.78. The number of nitrogens with one attached hydrogen (secondary N) is 1. The summed E-state index contributed by atoms with van der Waals surface area (Å²) in [4.78, 5) is 30.3. The minimum Gasteiger partial charge on any atom is -0.345 e. The van der Waals surface area contributed by atoms with Gasteiger partial charge < -0.3 is 10.2 Å². The van der Waals surface area contributed by atoms with Crippen LogP contribution in [0.2, 0.25) is 0 Å². The molecule has 1 aromatic rings. The molecule has 0 bridgehead atoms. The monoisotopic (exact) mass is 275 g/mol. The quantitative estimate of drug-likeness (QED) is 0.884. The van der Waals surface area contributed by atoms with Gasteiger partial charge in [0.2, 0.25) is 11.8 Å². The van der Waals surface area contributed by atoms with Gasteiger partial charge in [-0.05, 0) is 24.0 Å². The van der Waals surface area contributed by atoms with Crippen molar-refractivity contribution >= 4 is 11.8 Å². The number of piperazine rings is 1. The molecule has 5 heteroatoms. The van der Waals surface area contributed by atoms with Crippen LogP contribution in [-0.4, -0.2) is 34.3 Å². The minimum atomic E-state index is -0.467. The van der Waals surface area contributed by atoms with Crippen molar-refractivity contribution in [2.75, 3.05) is 6.54 Å². The maximum Gasteiger partial charge on any atom is 0.243 e. The topological polar surface area (TPSA) is 62.3 Å². The smallest absolute Gasteiger partial charge is 0.243 e. The number of aromatic nitrogens is 1. The molecule has 1 saturated heterocycles.